The van der Waals surface area contributed by atoms with Crippen molar-refractivity contribution < 1.29 is 0 Å². The Morgan fingerprint density at radius 1 is 1.44 bits per heavy atom. The predicted molar refractivity (Wildman–Crippen MR) is 71.2 cm³/mol. The number of hydrogen-bond donors (Lipinski definition) is 1. The second kappa shape index (κ2) is 4.78. The topological polar surface area (TPSA) is 69.6 Å². The van der Waals surface area contributed by atoms with Crippen LogP contribution in [0.25, 0.3) is 11.5 Å². The Morgan fingerprint density at radius 2 is 2.22 bits per heavy atom. The number of nitrogens with two attached hydrogens (primary N) is 1. The third-order valence-electron chi connectivity index (χ3n) is 3.43. The van der Waals surface area contributed by atoms with Crippen LogP contribution in [-0.2, 0) is 0 Å². The molecule has 0 amide bonds. The summed E-state index contributed by atoms with van der Waals surface area (Å²) in [4.78, 5) is 4.55. The molecule has 0 aromatic carbocycles. The number of thiazole rings is 1. The molecule has 1 unspecified atom stereocenters. The summed E-state index contributed by atoms with van der Waals surface area (Å²) in [7, 11) is 0. The Morgan fingerprint density at radius 3 is 2.89 bits per heavy atom. The third kappa shape index (κ3) is 2.06. The van der Waals surface area contributed by atoms with Crippen LogP contribution in [-0.4, -0.2) is 19.7 Å². The van der Waals surface area contributed by atoms with Gasteiger partial charge in [-0.1, -0.05) is 12.8 Å². The molecular formula is C12H17N5S. The summed E-state index contributed by atoms with van der Waals surface area (Å²) in [5.41, 5.74) is 6.75. The first-order chi connectivity index (χ1) is 8.75. The summed E-state index contributed by atoms with van der Waals surface area (Å²) in [6.07, 6.45) is 6.86. The van der Waals surface area contributed by atoms with Crippen molar-refractivity contribution in [1.82, 2.24) is 19.7 Å². The summed E-state index contributed by atoms with van der Waals surface area (Å²) >= 11 is 1.59. The minimum absolute atomic E-state index is 0.0217. The maximum atomic E-state index is 5.85. The fraction of sp³-hybridized carbons (Fsp3) is 0.583. The van der Waals surface area contributed by atoms with Crippen LogP contribution in [0.4, 0.5) is 0 Å². The Hall–Kier alpha value is -1.27. The van der Waals surface area contributed by atoms with Crippen molar-refractivity contribution in [2.45, 2.75) is 44.7 Å². The van der Waals surface area contributed by atoms with Gasteiger partial charge in [-0.3, -0.25) is 0 Å². The first-order valence-electron chi connectivity index (χ1n) is 6.36. The van der Waals surface area contributed by atoms with E-state index in [0.29, 0.717) is 6.04 Å². The Kier molecular flexibility index (Phi) is 3.13. The van der Waals surface area contributed by atoms with E-state index in [4.69, 9.17) is 5.73 Å². The molecule has 18 heavy (non-hydrogen) atoms. The molecule has 2 N–H and O–H groups in total. The lowest BCUT2D eigenvalue weighted by Crippen LogP contribution is -2.07. The van der Waals surface area contributed by atoms with Crippen LogP contribution < -0.4 is 5.73 Å². The van der Waals surface area contributed by atoms with E-state index in [1.165, 1.54) is 25.7 Å². The van der Waals surface area contributed by atoms with Gasteiger partial charge in [-0.05, 0) is 19.8 Å². The average molecular weight is 263 g/mol. The molecule has 1 atom stereocenters. The van der Waals surface area contributed by atoms with E-state index in [1.807, 2.05) is 18.6 Å². The van der Waals surface area contributed by atoms with E-state index in [2.05, 4.69) is 19.7 Å². The van der Waals surface area contributed by atoms with Gasteiger partial charge in [0, 0.05) is 11.4 Å². The molecule has 2 aromatic heterocycles. The normalized spacial score (nSPS) is 18.3. The van der Waals surface area contributed by atoms with Gasteiger partial charge in [-0.2, -0.15) is 0 Å². The summed E-state index contributed by atoms with van der Waals surface area (Å²) in [6.45, 7) is 1.95. The van der Waals surface area contributed by atoms with Gasteiger partial charge in [0.25, 0.3) is 0 Å². The highest BCUT2D eigenvalue weighted by atomic mass is 32.1. The highest BCUT2D eigenvalue weighted by Crippen LogP contribution is 2.33. The van der Waals surface area contributed by atoms with Crippen LogP contribution in [0.1, 0.15) is 49.7 Å². The van der Waals surface area contributed by atoms with Gasteiger partial charge in [0.15, 0.2) is 5.82 Å². The lowest BCUT2D eigenvalue weighted by molar-refractivity contribution is 0.521. The molecule has 0 radical (unpaired) electrons. The molecule has 0 spiro atoms. The molecule has 0 saturated heterocycles. The van der Waals surface area contributed by atoms with Gasteiger partial charge >= 0.3 is 0 Å². The van der Waals surface area contributed by atoms with Crippen molar-refractivity contribution in [3.63, 3.8) is 0 Å². The molecule has 3 rings (SSSR count). The zero-order valence-corrected chi connectivity index (χ0v) is 11.2. The minimum Gasteiger partial charge on any atom is -0.322 e. The molecule has 6 heteroatoms. The van der Waals surface area contributed by atoms with Crippen LogP contribution in [0.15, 0.2) is 11.7 Å². The molecule has 2 aromatic rings. The Bertz CT molecular complexity index is 524. The van der Waals surface area contributed by atoms with Gasteiger partial charge in [0.2, 0.25) is 0 Å². The molecule has 96 valence electrons. The van der Waals surface area contributed by atoms with E-state index in [9.17, 15) is 0 Å². The largest absolute Gasteiger partial charge is 0.322 e. The fourth-order valence-electron chi connectivity index (χ4n) is 2.48. The first kappa shape index (κ1) is 11.8. The first-order valence-corrected chi connectivity index (χ1v) is 7.24. The van der Waals surface area contributed by atoms with Gasteiger partial charge in [0.05, 0.1) is 6.04 Å². The highest BCUT2D eigenvalue weighted by Gasteiger charge is 2.22. The number of nitrogens with zero attached hydrogens (tertiary/aromatic N) is 4. The molecule has 1 aliphatic rings. The van der Waals surface area contributed by atoms with E-state index in [-0.39, 0.29) is 6.04 Å². The molecule has 0 aliphatic heterocycles. The van der Waals surface area contributed by atoms with Crippen molar-refractivity contribution >= 4 is 11.3 Å². The average Bonchev–Trinajstić information content (AvgIpc) is 3.10. The second-order valence-electron chi connectivity index (χ2n) is 4.86. The number of aromatic nitrogens is 4. The van der Waals surface area contributed by atoms with Crippen LogP contribution in [0.2, 0.25) is 0 Å². The summed E-state index contributed by atoms with van der Waals surface area (Å²) in [6, 6.07) is 0.516. The molecule has 5 nitrogen and oxygen atoms in total. The smallest absolute Gasteiger partial charge is 0.183 e. The molecule has 1 saturated carbocycles. The van der Waals surface area contributed by atoms with Gasteiger partial charge in [0.1, 0.15) is 17.0 Å². The standard InChI is InChI=1S/C12H17N5S/c1-8(13)12-15-10(6-18-12)11-16-14-7-17(11)9-4-2-3-5-9/h6-9H,2-5,13H2,1H3. The van der Waals surface area contributed by atoms with Crippen LogP contribution in [0.5, 0.6) is 0 Å². The molecule has 0 bridgehead atoms. The van der Waals surface area contributed by atoms with Crippen molar-refractivity contribution in [1.29, 1.82) is 0 Å². The maximum Gasteiger partial charge on any atom is 0.183 e. The van der Waals surface area contributed by atoms with Crippen molar-refractivity contribution in [3.8, 4) is 11.5 Å². The van der Waals surface area contributed by atoms with E-state index in [1.54, 1.807) is 11.3 Å². The fourth-order valence-corrected chi connectivity index (χ4v) is 3.23. The van der Waals surface area contributed by atoms with Crippen LogP contribution >= 0.6 is 11.3 Å². The monoisotopic (exact) mass is 263 g/mol. The second-order valence-corrected chi connectivity index (χ2v) is 5.75. The zero-order chi connectivity index (χ0) is 12.5. The summed E-state index contributed by atoms with van der Waals surface area (Å²) in [5, 5.41) is 11.2. The lowest BCUT2D eigenvalue weighted by atomic mass is 10.2. The number of rotatable bonds is 3. The van der Waals surface area contributed by atoms with Crippen molar-refractivity contribution in [2.75, 3.05) is 0 Å². The zero-order valence-electron chi connectivity index (χ0n) is 10.4. The molecule has 1 aliphatic carbocycles. The molecule has 1 fully saturated rings. The Balaban J connectivity index is 1.93. The van der Waals surface area contributed by atoms with Crippen molar-refractivity contribution in [3.05, 3.63) is 16.7 Å². The van der Waals surface area contributed by atoms with E-state index >= 15 is 0 Å². The van der Waals surface area contributed by atoms with Crippen LogP contribution in [0.3, 0.4) is 0 Å². The van der Waals surface area contributed by atoms with Crippen LogP contribution in [0, 0.1) is 0 Å². The SMILES string of the molecule is CC(N)c1nc(-c2nncn2C2CCCC2)cs1. The maximum absolute atomic E-state index is 5.85. The van der Waals surface area contributed by atoms with Gasteiger partial charge in [-0.15, -0.1) is 21.5 Å². The lowest BCUT2D eigenvalue weighted by Gasteiger charge is -2.12. The van der Waals surface area contributed by atoms with E-state index in [0.717, 1.165) is 16.5 Å². The highest BCUT2D eigenvalue weighted by molar-refractivity contribution is 7.10. The summed E-state index contributed by atoms with van der Waals surface area (Å²) in [5.74, 6) is 0.880. The summed E-state index contributed by atoms with van der Waals surface area (Å²) < 4.78 is 2.17. The number of hydrogen-bond acceptors (Lipinski definition) is 5. The predicted octanol–water partition coefficient (Wildman–Crippen LogP) is 2.54. The van der Waals surface area contributed by atoms with E-state index < -0.39 is 0 Å². The third-order valence-corrected chi connectivity index (χ3v) is 4.48. The Labute approximate surface area is 110 Å². The molecular weight excluding hydrogens is 246 g/mol. The van der Waals surface area contributed by atoms with Gasteiger partial charge < -0.3 is 10.3 Å². The quantitative estimate of drug-likeness (QED) is 0.923. The molecule has 2 heterocycles. The van der Waals surface area contributed by atoms with Gasteiger partial charge in [-0.25, -0.2) is 4.98 Å². The minimum atomic E-state index is -0.0217. The van der Waals surface area contributed by atoms with Crippen molar-refractivity contribution in [2.24, 2.45) is 5.73 Å².